The molecule has 0 saturated carbocycles. The van der Waals surface area contributed by atoms with Gasteiger partial charge >= 0.3 is 0 Å². The highest BCUT2D eigenvalue weighted by atomic mass is 16.5. The van der Waals surface area contributed by atoms with E-state index >= 15 is 0 Å². The Bertz CT molecular complexity index is 463. The zero-order chi connectivity index (χ0) is 19.0. The number of carbonyl (C=O) groups excluding carboxylic acids is 2. The molecule has 10 heteroatoms. The summed E-state index contributed by atoms with van der Waals surface area (Å²) in [5.41, 5.74) is 7.04. The number of hydrogen-bond donors (Lipinski definition) is 2. The van der Waals surface area contributed by atoms with Crippen molar-refractivity contribution in [3.8, 4) is 0 Å². The standard InChI is InChI=1S/C15H27N5O5/c1-4-13(21)19-15(2,3)14(22)17-5-7-23-9-11-25-12-10-24-8-6-18-20-16/h4H,1,5-12H2,2-3H3,(H,17,22)(H,19,21). The maximum absolute atomic E-state index is 11.9. The quantitative estimate of drug-likeness (QED) is 0.145. The Morgan fingerprint density at radius 2 is 1.68 bits per heavy atom. The second-order valence-electron chi connectivity index (χ2n) is 5.37. The van der Waals surface area contributed by atoms with E-state index < -0.39 is 11.4 Å². The fraction of sp³-hybridized carbons (Fsp3) is 0.733. The highest BCUT2D eigenvalue weighted by Gasteiger charge is 2.28. The number of nitrogens with zero attached hydrogens (tertiary/aromatic N) is 3. The van der Waals surface area contributed by atoms with Crippen molar-refractivity contribution in [3.63, 3.8) is 0 Å². The van der Waals surface area contributed by atoms with Gasteiger partial charge in [-0.1, -0.05) is 11.7 Å². The van der Waals surface area contributed by atoms with Crippen LogP contribution in [-0.4, -0.2) is 70.1 Å². The van der Waals surface area contributed by atoms with E-state index in [0.29, 0.717) is 52.7 Å². The summed E-state index contributed by atoms with van der Waals surface area (Å²) >= 11 is 0. The molecule has 10 nitrogen and oxygen atoms in total. The van der Waals surface area contributed by atoms with E-state index in [9.17, 15) is 9.59 Å². The minimum atomic E-state index is -1.02. The van der Waals surface area contributed by atoms with Crippen LogP contribution in [0.5, 0.6) is 0 Å². The van der Waals surface area contributed by atoms with Crippen molar-refractivity contribution in [1.29, 1.82) is 0 Å². The molecule has 0 bridgehead atoms. The van der Waals surface area contributed by atoms with Gasteiger partial charge in [-0.15, -0.1) is 0 Å². The largest absolute Gasteiger partial charge is 0.379 e. The summed E-state index contributed by atoms with van der Waals surface area (Å²) in [7, 11) is 0. The second kappa shape index (κ2) is 14.2. The molecule has 0 aliphatic heterocycles. The molecule has 0 aliphatic rings. The van der Waals surface area contributed by atoms with Crippen LogP contribution < -0.4 is 10.6 Å². The maximum Gasteiger partial charge on any atom is 0.245 e. The van der Waals surface area contributed by atoms with E-state index in [1.165, 1.54) is 0 Å². The molecule has 0 atom stereocenters. The minimum absolute atomic E-state index is 0.305. The molecule has 0 aliphatic carbocycles. The lowest BCUT2D eigenvalue weighted by Crippen LogP contribution is -2.54. The van der Waals surface area contributed by atoms with Crippen molar-refractivity contribution in [2.75, 3.05) is 52.7 Å². The molecule has 25 heavy (non-hydrogen) atoms. The summed E-state index contributed by atoms with van der Waals surface area (Å²) in [5.74, 6) is -0.712. The van der Waals surface area contributed by atoms with Crippen LogP contribution in [-0.2, 0) is 23.8 Å². The molecule has 0 unspecified atom stereocenters. The van der Waals surface area contributed by atoms with Crippen LogP contribution in [0.25, 0.3) is 10.4 Å². The van der Waals surface area contributed by atoms with Gasteiger partial charge in [-0.25, -0.2) is 0 Å². The third kappa shape index (κ3) is 12.9. The smallest absolute Gasteiger partial charge is 0.245 e. The Labute approximate surface area is 147 Å². The normalized spacial score (nSPS) is 10.6. The summed E-state index contributed by atoms with van der Waals surface area (Å²) in [5, 5.41) is 8.55. The molecule has 0 aromatic heterocycles. The van der Waals surface area contributed by atoms with Crippen LogP contribution >= 0.6 is 0 Å². The summed E-state index contributed by atoms with van der Waals surface area (Å²) in [6, 6.07) is 0. The Morgan fingerprint density at radius 1 is 1.12 bits per heavy atom. The second-order valence-corrected chi connectivity index (χ2v) is 5.37. The van der Waals surface area contributed by atoms with Gasteiger partial charge in [-0.05, 0) is 25.5 Å². The molecule has 0 fully saturated rings. The van der Waals surface area contributed by atoms with Gasteiger partial charge in [-0.3, -0.25) is 9.59 Å². The van der Waals surface area contributed by atoms with Gasteiger partial charge in [0.2, 0.25) is 11.8 Å². The molecule has 0 aromatic carbocycles. The van der Waals surface area contributed by atoms with E-state index in [1.807, 2.05) is 0 Å². The first-order valence-corrected chi connectivity index (χ1v) is 7.91. The van der Waals surface area contributed by atoms with E-state index in [0.717, 1.165) is 6.08 Å². The molecule has 0 radical (unpaired) electrons. The number of hydrogen-bond acceptors (Lipinski definition) is 6. The molecule has 2 N–H and O–H groups in total. The van der Waals surface area contributed by atoms with Crippen molar-refractivity contribution >= 4 is 11.8 Å². The molecular formula is C15H27N5O5. The third-order valence-corrected chi connectivity index (χ3v) is 2.86. The molecule has 0 rings (SSSR count). The van der Waals surface area contributed by atoms with Gasteiger partial charge in [0.25, 0.3) is 0 Å². The number of carbonyl (C=O) groups is 2. The molecule has 0 spiro atoms. The first kappa shape index (κ1) is 22.9. The van der Waals surface area contributed by atoms with Crippen LogP contribution in [0.1, 0.15) is 13.8 Å². The zero-order valence-corrected chi connectivity index (χ0v) is 14.8. The predicted molar refractivity (Wildman–Crippen MR) is 91.9 cm³/mol. The van der Waals surface area contributed by atoms with Crippen molar-refractivity contribution in [1.82, 2.24) is 10.6 Å². The van der Waals surface area contributed by atoms with Crippen molar-refractivity contribution in [2.24, 2.45) is 5.11 Å². The number of amides is 2. The number of ether oxygens (including phenoxy) is 3. The lowest BCUT2D eigenvalue weighted by Gasteiger charge is -2.24. The van der Waals surface area contributed by atoms with Crippen LogP contribution in [0.3, 0.4) is 0 Å². The first-order valence-electron chi connectivity index (χ1n) is 7.91. The molecule has 0 heterocycles. The summed E-state index contributed by atoms with van der Waals surface area (Å²) in [4.78, 5) is 25.8. The van der Waals surface area contributed by atoms with Gasteiger partial charge in [0, 0.05) is 18.0 Å². The highest BCUT2D eigenvalue weighted by Crippen LogP contribution is 2.01. The van der Waals surface area contributed by atoms with E-state index in [2.05, 4.69) is 27.2 Å². The molecule has 0 saturated heterocycles. The molecular weight excluding hydrogens is 330 g/mol. The summed E-state index contributed by atoms with van der Waals surface area (Å²) in [6.07, 6.45) is 1.11. The van der Waals surface area contributed by atoms with E-state index in [1.54, 1.807) is 13.8 Å². The third-order valence-electron chi connectivity index (χ3n) is 2.86. The Morgan fingerprint density at radius 3 is 2.24 bits per heavy atom. The van der Waals surface area contributed by atoms with Crippen LogP contribution in [0, 0.1) is 0 Å². The van der Waals surface area contributed by atoms with Gasteiger partial charge in [-0.2, -0.15) is 0 Å². The van der Waals surface area contributed by atoms with Gasteiger partial charge in [0.1, 0.15) is 5.54 Å². The average molecular weight is 357 g/mol. The van der Waals surface area contributed by atoms with Crippen molar-refractivity contribution < 1.29 is 23.8 Å². The highest BCUT2D eigenvalue weighted by molar-refractivity contribution is 5.94. The van der Waals surface area contributed by atoms with Gasteiger partial charge in [0.15, 0.2) is 0 Å². The van der Waals surface area contributed by atoms with Crippen LogP contribution in [0.2, 0.25) is 0 Å². The van der Waals surface area contributed by atoms with Gasteiger partial charge < -0.3 is 24.8 Å². The molecule has 142 valence electrons. The lowest BCUT2D eigenvalue weighted by molar-refractivity contribution is -0.130. The molecule has 0 aromatic rings. The Kier molecular flexibility index (Phi) is 13.0. The SMILES string of the molecule is C=CC(=O)NC(C)(C)C(=O)NCCOCCOCCOCCN=[N+]=[N-]. The lowest BCUT2D eigenvalue weighted by atomic mass is 10.0. The van der Waals surface area contributed by atoms with Gasteiger partial charge in [0.05, 0.1) is 39.6 Å². The number of rotatable bonds is 15. The molecule has 2 amide bonds. The van der Waals surface area contributed by atoms with Crippen molar-refractivity contribution in [2.45, 2.75) is 19.4 Å². The Balaban J connectivity index is 3.51. The van der Waals surface area contributed by atoms with Crippen LogP contribution in [0.4, 0.5) is 0 Å². The fourth-order valence-electron chi connectivity index (χ4n) is 1.57. The van der Waals surface area contributed by atoms with Crippen molar-refractivity contribution in [3.05, 3.63) is 23.1 Å². The monoisotopic (exact) mass is 357 g/mol. The Hall–Kier alpha value is -2.13. The summed E-state index contributed by atoms with van der Waals surface area (Å²) in [6.45, 7) is 9.54. The van der Waals surface area contributed by atoms with E-state index in [4.69, 9.17) is 19.7 Å². The predicted octanol–water partition coefficient (Wildman–Crippen LogP) is 0.544. The topological polar surface area (TPSA) is 135 Å². The van der Waals surface area contributed by atoms with Crippen LogP contribution in [0.15, 0.2) is 17.8 Å². The zero-order valence-electron chi connectivity index (χ0n) is 14.8. The first-order chi connectivity index (χ1) is 11.9. The minimum Gasteiger partial charge on any atom is -0.379 e. The average Bonchev–Trinajstić information content (AvgIpc) is 2.58. The summed E-state index contributed by atoms with van der Waals surface area (Å²) < 4.78 is 15.8. The maximum atomic E-state index is 11.9. The number of nitrogens with one attached hydrogen (secondary N) is 2. The number of azide groups is 1. The van der Waals surface area contributed by atoms with E-state index in [-0.39, 0.29) is 5.91 Å². The fourth-order valence-corrected chi connectivity index (χ4v) is 1.57.